The zero-order valence-electron chi connectivity index (χ0n) is 13.3. The molecule has 0 bridgehead atoms. The first-order chi connectivity index (χ1) is 11.3. The number of fused-ring (bicyclic) bond motifs is 1. The van der Waals surface area contributed by atoms with E-state index in [2.05, 4.69) is 0 Å². The van der Waals surface area contributed by atoms with Crippen molar-refractivity contribution in [3.63, 3.8) is 0 Å². The van der Waals surface area contributed by atoms with Crippen LogP contribution in [0.5, 0.6) is 0 Å². The first kappa shape index (κ1) is 16.4. The minimum atomic E-state index is -0.970. The van der Waals surface area contributed by atoms with Gasteiger partial charge in [0.05, 0.1) is 12.0 Å². The van der Waals surface area contributed by atoms with Crippen molar-refractivity contribution in [3.05, 3.63) is 33.1 Å². The summed E-state index contributed by atoms with van der Waals surface area (Å²) >= 11 is 0. The van der Waals surface area contributed by atoms with E-state index >= 15 is 0 Å². The van der Waals surface area contributed by atoms with Gasteiger partial charge in [0.1, 0.15) is 6.54 Å². The lowest BCUT2D eigenvalue weighted by Crippen LogP contribution is -2.45. The molecular formula is C15H19N3O6. The van der Waals surface area contributed by atoms with Gasteiger partial charge in [0.2, 0.25) is 5.91 Å². The second-order valence-corrected chi connectivity index (χ2v) is 6.38. The SMILES string of the molecule is Cn1c(=O)ccn(CC(=O)N2C[C@H]3COCC[C@@]3(C(=O)O)C2)c1=O. The van der Waals surface area contributed by atoms with Crippen molar-refractivity contribution >= 4 is 11.9 Å². The zero-order chi connectivity index (χ0) is 17.5. The monoisotopic (exact) mass is 337 g/mol. The fourth-order valence-electron chi connectivity index (χ4n) is 3.47. The molecule has 9 heteroatoms. The second-order valence-electron chi connectivity index (χ2n) is 6.38. The van der Waals surface area contributed by atoms with Gasteiger partial charge in [0.15, 0.2) is 0 Å². The Morgan fingerprint density at radius 3 is 2.83 bits per heavy atom. The number of hydrogen-bond donors (Lipinski definition) is 1. The van der Waals surface area contributed by atoms with Gasteiger partial charge < -0.3 is 14.7 Å². The van der Waals surface area contributed by atoms with Crippen LogP contribution in [0.2, 0.25) is 0 Å². The predicted molar refractivity (Wildman–Crippen MR) is 81.5 cm³/mol. The van der Waals surface area contributed by atoms with E-state index in [9.17, 15) is 24.3 Å². The van der Waals surface area contributed by atoms with Crippen LogP contribution in [0, 0.1) is 11.3 Å². The first-order valence-corrected chi connectivity index (χ1v) is 7.70. The minimum Gasteiger partial charge on any atom is -0.481 e. The average Bonchev–Trinajstić information content (AvgIpc) is 2.96. The fraction of sp³-hybridized carbons (Fsp3) is 0.600. The minimum absolute atomic E-state index is 0.121. The Labute approximate surface area is 137 Å². The quantitative estimate of drug-likeness (QED) is 0.718. The van der Waals surface area contributed by atoms with E-state index in [-0.39, 0.29) is 24.9 Å². The maximum absolute atomic E-state index is 12.5. The number of carboxylic acid groups (broad SMARTS) is 1. The largest absolute Gasteiger partial charge is 0.481 e. The highest BCUT2D eigenvalue weighted by Gasteiger charge is 2.54. The first-order valence-electron chi connectivity index (χ1n) is 7.70. The van der Waals surface area contributed by atoms with Crippen LogP contribution in [-0.4, -0.2) is 57.3 Å². The zero-order valence-corrected chi connectivity index (χ0v) is 13.3. The summed E-state index contributed by atoms with van der Waals surface area (Å²) in [6.45, 7) is 0.874. The molecule has 0 aromatic carbocycles. The van der Waals surface area contributed by atoms with Gasteiger partial charge in [-0.25, -0.2) is 4.79 Å². The van der Waals surface area contributed by atoms with Crippen LogP contribution in [0.4, 0.5) is 0 Å². The van der Waals surface area contributed by atoms with Gasteiger partial charge in [-0.15, -0.1) is 0 Å². The summed E-state index contributed by atoms with van der Waals surface area (Å²) in [5, 5.41) is 9.61. The summed E-state index contributed by atoms with van der Waals surface area (Å²) in [5.41, 5.74) is -2.00. The van der Waals surface area contributed by atoms with Crippen molar-refractivity contribution in [2.45, 2.75) is 13.0 Å². The number of carboxylic acids is 1. The lowest BCUT2D eigenvalue weighted by Gasteiger charge is -2.33. The molecule has 24 heavy (non-hydrogen) atoms. The van der Waals surface area contributed by atoms with Gasteiger partial charge in [-0.2, -0.15) is 0 Å². The van der Waals surface area contributed by atoms with E-state index < -0.39 is 22.6 Å². The summed E-state index contributed by atoms with van der Waals surface area (Å²) < 4.78 is 7.43. The van der Waals surface area contributed by atoms with Crippen molar-refractivity contribution in [1.82, 2.24) is 14.0 Å². The number of likely N-dealkylation sites (tertiary alicyclic amines) is 1. The predicted octanol–water partition coefficient (Wildman–Crippen LogP) is -1.50. The molecule has 2 atom stereocenters. The third kappa shape index (κ3) is 2.54. The highest BCUT2D eigenvalue weighted by Crippen LogP contribution is 2.42. The topological polar surface area (TPSA) is 111 Å². The van der Waals surface area contributed by atoms with Gasteiger partial charge >= 0.3 is 11.7 Å². The van der Waals surface area contributed by atoms with Crippen LogP contribution in [0.3, 0.4) is 0 Å². The van der Waals surface area contributed by atoms with Crippen LogP contribution >= 0.6 is 0 Å². The van der Waals surface area contributed by atoms with E-state index in [1.54, 1.807) is 0 Å². The Hall–Kier alpha value is -2.42. The van der Waals surface area contributed by atoms with Crippen LogP contribution in [-0.2, 0) is 27.9 Å². The van der Waals surface area contributed by atoms with E-state index in [0.29, 0.717) is 26.2 Å². The molecular weight excluding hydrogens is 318 g/mol. The van der Waals surface area contributed by atoms with Gasteiger partial charge in [0, 0.05) is 44.9 Å². The number of aliphatic carboxylic acids is 1. The molecule has 2 saturated heterocycles. The molecule has 2 fully saturated rings. The standard InChI is InChI=1S/C15H19N3O6/c1-16-11(19)2-4-17(14(16)23)7-12(20)18-6-10-8-24-5-3-15(10,9-18)13(21)22/h2,4,10H,3,5-9H2,1H3,(H,21,22)/t10-,15+/m0/s1. The van der Waals surface area contributed by atoms with Gasteiger partial charge in [-0.1, -0.05) is 0 Å². The Balaban J connectivity index is 1.80. The van der Waals surface area contributed by atoms with Gasteiger partial charge in [-0.05, 0) is 6.42 Å². The summed E-state index contributed by atoms with van der Waals surface area (Å²) in [6, 6.07) is 1.21. The number of aromatic nitrogens is 2. The molecule has 1 aromatic rings. The third-order valence-electron chi connectivity index (χ3n) is 5.05. The van der Waals surface area contributed by atoms with Crippen LogP contribution < -0.4 is 11.2 Å². The number of nitrogens with zero attached hydrogens (tertiary/aromatic N) is 3. The summed E-state index contributed by atoms with van der Waals surface area (Å²) in [4.78, 5) is 49.1. The molecule has 0 spiro atoms. The highest BCUT2D eigenvalue weighted by atomic mass is 16.5. The average molecular weight is 337 g/mol. The molecule has 130 valence electrons. The number of carbonyl (C=O) groups is 2. The van der Waals surface area contributed by atoms with Crippen molar-refractivity contribution in [2.75, 3.05) is 26.3 Å². The smallest absolute Gasteiger partial charge is 0.331 e. The normalized spacial score (nSPS) is 26.2. The molecule has 0 unspecified atom stereocenters. The van der Waals surface area contributed by atoms with Gasteiger partial charge in [0.25, 0.3) is 5.56 Å². The van der Waals surface area contributed by atoms with Crippen LogP contribution in [0.1, 0.15) is 6.42 Å². The highest BCUT2D eigenvalue weighted by molar-refractivity contribution is 5.81. The molecule has 2 aliphatic heterocycles. The third-order valence-corrected chi connectivity index (χ3v) is 5.05. The molecule has 2 aliphatic rings. The molecule has 3 rings (SSSR count). The summed E-state index contributed by atoms with van der Waals surface area (Å²) in [6.07, 6.45) is 1.65. The molecule has 1 aromatic heterocycles. The Morgan fingerprint density at radius 2 is 2.17 bits per heavy atom. The van der Waals surface area contributed by atoms with E-state index in [0.717, 1.165) is 9.13 Å². The molecule has 0 aliphatic carbocycles. The number of hydrogen-bond acceptors (Lipinski definition) is 5. The number of carbonyl (C=O) groups excluding carboxylic acids is 1. The van der Waals surface area contributed by atoms with Gasteiger partial charge in [-0.3, -0.25) is 23.5 Å². The Morgan fingerprint density at radius 1 is 1.42 bits per heavy atom. The summed E-state index contributed by atoms with van der Waals surface area (Å²) in [7, 11) is 1.34. The van der Waals surface area contributed by atoms with Crippen molar-refractivity contribution in [1.29, 1.82) is 0 Å². The van der Waals surface area contributed by atoms with Crippen molar-refractivity contribution in [3.8, 4) is 0 Å². The maximum atomic E-state index is 12.5. The summed E-state index contributed by atoms with van der Waals surface area (Å²) in [5.74, 6) is -1.50. The Bertz CT molecular complexity index is 797. The number of amides is 1. The molecule has 1 N–H and O–H groups in total. The molecule has 0 radical (unpaired) electrons. The fourth-order valence-corrected chi connectivity index (χ4v) is 3.47. The molecule has 0 saturated carbocycles. The van der Waals surface area contributed by atoms with Crippen molar-refractivity contribution < 1.29 is 19.4 Å². The number of ether oxygens (including phenoxy) is 1. The Kier molecular flexibility index (Phi) is 4.04. The molecule has 3 heterocycles. The lowest BCUT2D eigenvalue weighted by atomic mass is 9.74. The second kappa shape index (κ2) is 5.90. The molecule has 1 amide bonds. The maximum Gasteiger partial charge on any atom is 0.331 e. The van der Waals surface area contributed by atoms with E-state index in [1.807, 2.05) is 0 Å². The van der Waals surface area contributed by atoms with E-state index in [1.165, 1.54) is 24.2 Å². The van der Waals surface area contributed by atoms with Crippen LogP contribution in [0.15, 0.2) is 21.9 Å². The van der Waals surface area contributed by atoms with Crippen LogP contribution in [0.25, 0.3) is 0 Å². The number of rotatable bonds is 3. The van der Waals surface area contributed by atoms with E-state index in [4.69, 9.17) is 4.74 Å². The van der Waals surface area contributed by atoms with Crippen molar-refractivity contribution in [2.24, 2.45) is 18.4 Å². The molecule has 9 nitrogen and oxygen atoms in total. The lowest BCUT2D eigenvalue weighted by molar-refractivity contribution is -0.157.